The number of phenolic OH excluding ortho intramolecular Hbond substituents is 1. The van der Waals surface area contributed by atoms with Crippen molar-refractivity contribution in [3.63, 3.8) is 0 Å². The predicted molar refractivity (Wildman–Crippen MR) is 118 cm³/mol. The SMILES string of the molecule is Cc1c(CCC(=O)N[C@@H](C)CC(=O)O)c2cc(O)c(F)cc2n1C(=O)c1cccc(Cl)c1. The monoisotopic (exact) mass is 460 g/mol. The maximum absolute atomic E-state index is 14.2. The number of hydrogen-bond acceptors (Lipinski definition) is 4. The highest BCUT2D eigenvalue weighted by Gasteiger charge is 2.22. The number of aliphatic carboxylic acids is 1. The number of aromatic hydroxyl groups is 1. The van der Waals surface area contributed by atoms with Crippen LogP contribution in [0.15, 0.2) is 36.4 Å². The number of aryl methyl sites for hydroxylation is 1. The second kappa shape index (κ2) is 9.40. The number of rotatable bonds is 7. The molecule has 2 aromatic carbocycles. The number of carbonyl (C=O) groups excluding carboxylic acids is 2. The van der Waals surface area contributed by atoms with Gasteiger partial charge in [-0.15, -0.1) is 0 Å². The van der Waals surface area contributed by atoms with Crippen LogP contribution < -0.4 is 5.32 Å². The van der Waals surface area contributed by atoms with Crippen molar-refractivity contribution < 1.29 is 29.0 Å². The minimum Gasteiger partial charge on any atom is -0.505 e. The molecule has 1 heterocycles. The number of nitrogens with zero attached hydrogens (tertiary/aromatic N) is 1. The smallest absolute Gasteiger partial charge is 0.305 e. The number of benzene rings is 2. The molecule has 0 aliphatic carbocycles. The predicted octanol–water partition coefficient (Wildman–Crippen LogP) is 4.05. The molecule has 0 fully saturated rings. The van der Waals surface area contributed by atoms with Crippen LogP contribution >= 0.6 is 11.6 Å². The fraction of sp³-hybridized carbons (Fsp3) is 0.261. The topological polar surface area (TPSA) is 109 Å². The quantitative estimate of drug-likeness (QED) is 0.493. The first-order chi connectivity index (χ1) is 15.1. The van der Waals surface area contributed by atoms with Gasteiger partial charge in [-0.3, -0.25) is 19.0 Å². The average Bonchev–Trinajstić information content (AvgIpc) is 2.96. The molecule has 0 radical (unpaired) electrons. The molecule has 32 heavy (non-hydrogen) atoms. The molecule has 3 rings (SSSR count). The number of fused-ring (bicyclic) bond motifs is 1. The molecule has 0 saturated heterocycles. The minimum absolute atomic E-state index is 0.0212. The lowest BCUT2D eigenvalue weighted by molar-refractivity contribution is -0.137. The van der Waals surface area contributed by atoms with Gasteiger partial charge in [0.15, 0.2) is 11.6 Å². The van der Waals surface area contributed by atoms with Gasteiger partial charge >= 0.3 is 5.97 Å². The van der Waals surface area contributed by atoms with Crippen LogP contribution in [-0.2, 0) is 16.0 Å². The molecule has 7 nitrogen and oxygen atoms in total. The normalized spacial score (nSPS) is 12.0. The third-order valence-electron chi connectivity index (χ3n) is 5.17. The van der Waals surface area contributed by atoms with Crippen molar-refractivity contribution in [1.82, 2.24) is 9.88 Å². The van der Waals surface area contributed by atoms with Crippen LogP contribution in [0.3, 0.4) is 0 Å². The van der Waals surface area contributed by atoms with Crippen LogP contribution in [0.2, 0.25) is 5.02 Å². The average molecular weight is 461 g/mol. The summed E-state index contributed by atoms with van der Waals surface area (Å²) in [5.41, 5.74) is 1.67. The van der Waals surface area contributed by atoms with Gasteiger partial charge in [-0.05, 0) is 50.1 Å². The van der Waals surface area contributed by atoms with Gasteiger partial charge in [-0.25, -0.2) is 4.39 Å². The molecule has 0 aliphatic rings. The van der Waals surface area contributed by atoms with Crippen LogP contribution in [0.25, 0.3) is 10.9 Å². The lowest BCUT2D eigenvalue weighted by atomic mass is 10.0. The zero-order valence-corrected chi connectivity index (χ0v) is 18.2. The Morgan fingerprint density at radius 2 is 1.94 bits per heavy atom. The standard InChI is InChI=1S/C23H22ClFN2O5/c1-12(8-22(30)31)26-21(29)7-6-16-13(2)27(19-11-18(25)20(28)10-17(16)19)23(32)14-4-3-5-15(24)9-14/h3-5,9-12,28H,6-8H2,1-2H3,(H,26,29)(H,30,31)/t12-/m0/s1. The lowest BCUT2D eigenvalue weighted by Crippen LogP contribution is -2.34. The van der Waals surface area contributed by atoms with Crippen molar-refractivity contribution in [2.75, 3.05) is 0 Å². The Kier molecular flexibility index (Phi) is 6.84. The summed E-state index contributed by atoms with van der Waals surface area (Å²) in [7, 11) is 0. The van der Waals surface area contributed by atoms with Gasteiger partial charge in [-0.2, -0.15) is 0 Å². The first kappa shape index (κ1) is 23.3. The molecular weight excluding hydrogens is 439 g/mol. The zero-order valence-electron chi connectivity index (χ0n) is 17.5. The molecular formula is C23H22ClFN2O5. The van der Waals surface area contributed by atoms with Crippen molar-refractivity contribution in [3.05, 3.63) is 64.1 Å². The first-order valence-electron chi connectivity index (χ1n) is 9.92. The third kappa shape index (κ3) is 4.91. The van der Waals surface area contributed by atoms with Crippen molar-refractivity contribution in [2.24, 2.45) is 0 Å². The number of nitrogens with one attached hydrogen (secondary N) is 1. The minimum atomic E-state index is -1.02. The number of carboxylic acids is 1. The number of halogens is 2. The van der Waals surface area contributed by atoms with Crippen molar-refractivity contribution in [3.8, 4) is 5.75 Å². The molecule has 0 aliphatic heterocycles. The summed E-state index contributed by atoms with van der Waals surface area (Å²) in [5.74, 6) is -3.24. The maximum Gasteiger partial charge on any atom is 0.305 e. The molecule has 0 bridgehead atoms. The second-order valence-electron chi connectivity index (χ2n) is 7.60. The van der Waals surface area contributed by atoms with Gasteiger partial charge in [0.2, 0.25) is 5.91 Å². The molecule has 9 heteroatoms. The summed E-state index contributed by atoms with van der Waals surface area (Å²) < 4.78 is 15.5. The molecule has 1 aromatic heterocycles. The van der Waals surface area contributed by atoms with Crippen LogP contribution in [0.4, 0.5) is 4.39 Å². The van der Waals surface area contributed by atoms with Gasteiger partial charge in [0, 0.05) is 40.2 Å². The van der Waals surface area contributed by atoms with E-state index in [9.17, 15) is 23.9 Å². The van der Waals surface area contributed by atoms with E-state index in [0.717, 1.165) is 6.07 Å². The van der Waals surface area contributed by atoms with E-state index in [2.05, 4.69) is 5.32 Å². The highest BCUT2D eigenvalue weighted by atomic mass is 35.5. The summed E-state index contributed by atoms with van der Waals surface area (Å²) >= 11 is 6.01. The second-order valence-corrected chi connectivity index (χ2v) is 8.04. The summed E-state index contributed by atoms with van der Waals surface area (Å²) in [6.45, 7) is 3.27. The summed E-state index contributed by atoms with van der Waals surface area (Å²) in [6, 6.07) is 8.14. The van der Waals surface area contributed by atoms with Crippen LogP contribution in [0.5, 0.6) is 5.75 Å². The van der Waals surface area contributed by atoms with E-state index in [-0.39, 0.29) is 30.7 Å². The number of aromatic nitrogens is 1. The maximum atomic E-state index is 14.2. The zero-order chi connectivity index (χ0) is 23.6. The highest BCUT2D eigenvalue weighted by Crippen LogP contribution is 2.32. The van der Waals surface area contributed by atoms with E-state index >= 15 is 0 Å². The Labute approximate surface area is 188 Å². The number of amides is 1. The Morgan fingerprint density at radius 3 is 2.59 bits per heavy atom. The van der Waals surface area contributed by atoms with Crippen LogP contribution in [-0.4, -0.2) is 38.6 Å². The van der Waals surface area contributed by atoms with Gasteiger partial charge < -0.3 is 15.5 Å². The Hall–Kier alpha value is -3.39. The van der Waals surface area contributed by atoms with Crippen molar-refractivity contribution in [1.29, 1.82) is 0 Å². The van der Waals surface area contributed by atoms with Crippen LogP contribution in [0, 0.1) is 12.7 Å². The summed E-state index contributed by atoms with van der Waals surface area (Å²) in [5, 5.41) is 22.2. The fourth-order valence-electron chi connectivity index (χ4n) is 3.71. The van der Waals surface area contributed by atoms with Gasteiger partial charge in [0.1, 0.15) is 0 Å². The molecule has 1 atom stereocenters. The van der Waals surface area contributed by atoms with E-state index in [1.54, 1.807) is 32.0 Å². The molecule has 1 amide bonds. The van der Waals surface area contributed by atoms with E-state index in [0.29, 0.717) is 27.2 Å². The molecule has 0 unspecified atom stereocenters. The Bertz CT molecular complexity index is 1220. The van der Waals surface area contributed by atoms with E-state index < -0.39 is 29.5 Å². The lowest BCUT2D eigenvalue weighted by Gasteiger charge is -2.11. The summed E-state index contributed by atoms with van der Waals surface area (Å²) in [4.78, 5) is 36.3. The van der Waals surface area contributed by atoms with Gasteiger partial charge in [0.25, 0.3) is 5.91 Å². The number of hydrogen-bond donors (Lipinski definition) is 3. The Morgan fingerprint density at radius 1 is 1.22 bits per heavy atom. The van der Waals surface area contributed by atoms with Crippen molar-refractivity contribution in [2.45, 2.75) is 39.2 Å². The summed E-state index contributed by atoms with van der Waals surface area (Å²) in [6.07, 6.45) is 0.0215. The molecule has 168 valence electrons. The number of phenols is 1. The Balaban J connectivity index is 1.97. The molecule has 3 aromatic rings. The molecule has 0 saturated carbocycles. The third-order valence-corrected chi connectivity index (χ3v) is 5.40. The largest absolute Gasteiger partial charge is 0.505 e. The fourth-order valence-corrected chi connectivity index (χ4v) is 3.91. The van der Waals surface area contributed by atoms with E-state index in [1.807, 2.05) is 0 Å². The molecule has 0 spiro atoms. The van der Waals surface area contributed by atoms with E-state index in [4.69, 9.17) is 16.7 Å². The molecule has 3 N–H and O–H groups in total. The number of carbonyl (C=O) groups is 3. The number of carboxylic acid groups (broad SMARTS) is 1. The van der Waals surface area contributed by atoms with E-state index in [1.165, 1.54) is 16.7 Å². The highest BCUT2D eigenvalue weighted by molar-refractivity contribution is 6.31. The van der Waals surface area contributed by atoms with Crippen LogP contribution in [0.1, 0.15) is 41.4 Å². The first-order valence-corrected chi connectivity index (χ1v) is 10.3. The van der Waals surface area contributed by atoms with Crippen molar-refractivity contribution >= 4 is 40.3 Å². The van der Waals surface area contributed by atoms with Gasteiger partial charge in [0.05, 0.1) is 11.9 Å². The van der Waals surface area contributed by atoms with Gasteiger partial charge in [-0.1, -0.05) is 17.7 Å².